The van der Waals surface area contributed by atoms with Crippen LogP contribution >= 0.6 is 22.6 Å². The molecular formula is C21H13IN2O3. The molecule has 3 aromatic carbocycles. The highest BCUT2D eigenvalue weighted by Crippen LogP contribution is 2.30. The molecular weight excluding hydrogens is 455 g/mol. The van der Waals surface area contributed by atoms with Gasteiger partial charge in [0.15, 0.2) is 0 Å². The second-order valence-electron chi connectivity index (χ2n) is 5.98. The second kappa shape index (κ2) is 6.96. The van der Waals surface area contributed by atoms with E-state index in [1.54, 1.807) is 60.7 Å². The van der Waals surface area contributed by atoms with Crippen molar-refractivity contribution in [2.75, 3.05) is 10.2 Å². The summed E-state index contributed by atoms with van der Waals surface area (Å²) in [5, 5.41) is 2.82. The van der Waals surface area contributed by atoms with Crippen LogP contribution < -0.4 is 10.2 Å². The van der Waals surface area contributed by atoms with Gasteiger partial charge in [-0.1, -0.05) is 30.3 Å². The largest absolute Gasteiger partial charge is 0.322 e. The predicted octanol–water partition coefficient (Wildman–Crippen LogP) is 4.34. The van der Waals surface area contributed by atoms with Crippen LogP contribution in [-0.4, -0.2) is 17.7 Å². The van der Waals surface area contributed by atoms with E-state index in [1.165, 1.54) is 0 Å². The monoisotopic (exact) mass is 468 g/mol. The smallest absolute Gasteiger partial charge is 0.266 e. The molecule has 27 heavy (non-hydrogen) atoms. The van der Waals surface area contributed by atoms with E-state index in [9.17, 15) is 14.4 Å². The van der Waals surface area contributed by atoms with Gasteiger partial charge in [0, 0.05) is 9.26 Å². The molecule has 0 aromatic heterocycles. The zero-order valence-electron chi connectivity index (χ0n) is 14.0. The first-order chi connectivity index (χ1) is 13.1. The lowest BCUT2D eigenvalue weighted by Gasteiger charge is -2.15. The van der Waals surface area contributed by atoms with Crippen molar-refractivity contribution >= 4 is 51.7 Å². The molecule has 0 saturated heterocycles. The van der Waals surface area contributed by atoms with Crippen LogP contribution in [0.15, 0.2) is 72.8 Å². The van der Waals surface area contributed by atoms with E-state index in [2.05, 4.69) is 27.9 Å². The third-order valence-electron chi connectivity index (χ3n) is 4.27. The van der Waals surface area contributed by atoms with Crippen LogP contribution in [0.5, 0.6) is 0 Å². The molecule has 0 aliphatic carbocycles. The van der Waals surface area contributed by atoms with Crippen LogP contribution in [0.2, 0.25) is 0 Å². The third kappa shape index (κ3) is 3.12. The Labute approximate surface area is 169 Å². The van der Waals surface area contributed by atoms with Gasteiger partial charge in [-0.25, -0.2) is 4.90 Å². The SMILES string of the molecule is O=C(Nc1cccc(N2C(=O)c3ccccc3C2=O)c1)c1ccccc1I. The fourth-order valence-electron chi connectivity index (χ4n) is 2.99. The van der Waals surface area contributed by atoms with Gasteiger partial charge in [-0.2, -0.15) is 0 Å². The first-order valence-corrected chi connectivity index (χ1v) is 9.28. The number of halogens is 1. The lowest BCUT2D eigenvalue weighted by molar-refractivity contribution is 0.0925. The Morgan fingerprint density at radius 1 is 0.815 bits per heavy atom. The van der Waals surface area contributed by atoms with E-state index in [4.69, 9.17) is 0 Å². The van der Waals surface area contributed by atoms with Gasteiger partial charge < -0.3 is 5.32 Å². The number of nitrogens with one attached hydrogen (secondary N) is 1. The van der Waals surface area contributed by atoms with Gasteiger partial charge in [0.2, 0.25) is 0 Å². The first kappa shape index (κ1) is 17.4. The number of hydrogen-bond donors (Lipinski definition) is 1. The van der Waals surface area contributed by atoms with E-state index in [1.807, 2.05) is 12.1 Å². The Hall–Kier alpha value is -3.00. The number of carbonyl (C=O) groups is 3. The van der Waals surface area contributed by atoms with Crippen LogP contribution in [0, 0.1) is 3.57 Å². The second-order valence-corrected chi connectivity index (χ2v) is 7.14. The van der Waals surface area contributed by atoms with Crippen LogP contribution in [0.1, 0.15) is 31.1 Å². The maximum absolute atomic E-state index is 12.6. The molecule has 1 aliphatic heterocycles. The Bertz CT molecular complexity index is 1060. The van der Waals surface area contributed by atoms with Gasteiger partial charge in [-0.3, -0.25) is 14.4 Å². The molecule has 5 nitrogen and oxygen atoms in total. The molecule has 0 radical (unpaired) electrons. The van der Waals surface area contributed by atoms with Gasteiger partial charge in [0.25, 0.3) is 17.7 Å². The van der Waals surface area contributed by atoms with Crippen molar-refractivity contribution in [3.8, 4) is 0 Å². The van der Waals surface area contributed by atoms with Crippen LogP contribution in [0.25, 0.3) is 0 Å². The fraction of sp³-hybridized carbons (Fsp3) is 0. The molecule has 1 N–H and O–H groups in total. The van der Waals surface area contributed by atoms with Crippen LogP contribution in [-0.2, 0) is 0 Å². The molecule has 0 unspecified atom stereocenters. The highest BCUT2D eigenvalue weighted by molar-refractivity contribution is 14.1. The van der Waals surface area contributed by atoms with Crippen molar-refractivity contribution in [1.82, 2.24) is 0 Å². The quantitative estimate of drug-likeness (QED) is 0.460. The number of anilines is 2. The molecule has 1 aliphatic rings. The number of rotatable bonds is 3. The van der Waals surface area contributed by atoms with E-state index in [0.29, 0.717) is 28.1 Å². The molecule has 6 heteroatoms. The summed E-state index contributed by atoms with van der Waals surface area (Å²) in [7, 11) is 0. The Morgan fingerprint density at radius 2 is 1.44 bits per heavy atom. The van der Waals surface area contributed by atoms with Gasteiger partial charge in [0.05, 0.1) is 22.4 Å². The summed E-state index contributed by atoms with van der Waals surface area (Å²) in [4.78, 5) is 38.9. The Kier molecular flexibility index (Phi) is 4.49. The van der Waals surface area contributed by atoms with E-state index in [-0.39, 0.29) is 17.7 Å². The molecule has 0 bridgehead atoms. The number of amides is 3. The van der Waals surface area contributed by atoms with Gasteiger partial charge in [0.1, 0.15) is 0 Å². The minimum Gasteiger partial charge on any atom is -0.322 e. The Balaban J connectivity index is 1.63. The summed E-state index contributed by atoms with van der Waals surface area (Å²) in [5.41, 5.74) is 2.26. The Morgan fingerprint density at radius 3 is 2.11 bits per heavy atom. The van der Waals surface area contributed by atoms with Crippen LogP contribution in [0.3, 0.4) is 0 Å². The van der Waals surface area contributed by atoms with Crippen molar-refractivity contribution in [2.45, 2.75) is 0 Å². The van der Waals surface area contributed by atoms with Gasteiger partial charge >= 0.3 is 0 Å². The highest BCUT2D eigenvalue weighted by atomic mass is 127. The summed E-state index contributed by atoms with van der Waals surface area (Å²) in [5.74, 6) is -0.979. The van der Waals surface area contributed by atoms with E-state index in [0.717, 1.165) is 8.47 Å². The van der Waals surface area contributed by atoms with Crippen molar-refractivity contribution in [3.05, 3.63) is 93.1 Å². The average Bonchev–Trinajstić information content (AvgIpc) is 2.93. The average molecular weight is 468 g/mol. The lowest BCUT2D eigenvalue weighted by atomic mass is 10.1. The molecule has 132 valence electrons. The van der Waals surface area contributed by atoms with Gasteiger partial charge in [-0.15, -0.1) is 0 Å². The predicted molar refractivity (Wildman–Crippen MR) is 111 cm³/mol. The molecule has 0 atom stereocenters. The highest BCUT2D eigenvalue weighted by Gasteiger charge is 2.36. The lowest BCUT2D eigenvalue weighted by Crippen LogP contribution is -2.29. The zero-order valence-corrected chi connectivity index (χ0v) is 16.1. The van der Waals surface area contributed by atoms with E-state index < -0.39 is 0 Å². The number of imide groups is 1. The number of carbonyl (C=O) groups excluding carboxylic acids is 3. The molecule has 0 fully saturated rings. The van der Waals surface area contributed by atoms with Crippen molar-refractivity contribution < 1.29 is 14.4 Å². The normalized spacial score (nSPS) is 12.9. The number of fused-ring (bicyclic) bond motifs is 1. The maximum Gasteiger partial charge on any atom is 0.266 e. The molecule has 0 saturated carbocycles. The maximum atomic E-state index is 12.6. The number of benzene rings is 3. The summed E-state index contributed by atoms with van der Waals surface area (Å²) in [6.07, 6.45) is 0. The summed E-state index contributed by atoms with van der Waals surface area (Å²) in [6, 6.07) is 20.7. The number of hydrogen-bond acceptors (Lipinski definition) is 3. The minimum atomic E-state index is -0.364. The summed E-state index contributed by atoms with van der Waals surface area (Å²) < 4.78 is 0.837. The third-order valence-corrected chi connectivity index (χ3v) is 5.22. The molecule has 3 aromatic rings. The fourth-order valence-corrected chi connectivity index (χ4v) is 3.62. The molecule has 1 heterocycles. The summed E-state index contributed by atoms with van der Waals surface area (Å²) >= 11 is 2.10. The van der Waals surface area contributed by atoms with Crippen LogP contribution in [0.4, 0.5) is 11.4 Å². The number of nitrogens with zero attached hydrogens (tertiary/aromatic N) is 1. The molecule has 4 rings (SSSR count). The van der Waals surface area contributed by atoms with Crippen molar-refractivity contribution in [2.24, 2.45) is 0 Å². The van der Waals surface area contributed by atoms with Crippen molar-refractivity contribution in [3.63, 3.8) is 0 Å². The van der Waals surface area contributed by atoms with Crippen molar-refractivity contribution in [1.29, 1.82) is 0 Å². The standard InChI is InChI=1S/C21H13IN2O3/c22-18-11-4-3-10-17(18)19(25)23-13-6-5-7-14(12-13)24-20(26)15-8-1-2-9-16(15)21(24)27/h1-12H,(H,23,25). The van der Waals surface area contributed by atoms with E-state index >= 15 is 0 Å². The first-order valence-electron chi connectivity index (χ1n) is 8.20. The topological polar surface area (TPSA) is 66.5 Å². The molecule has 3 amide bonds. The zero-order chi connectivity index (χ0) is 19.0. The van der Waals surface area contributed by atoms with Gasteiger partial charge in [-0.05, 0) is 65.1 Å². The molecule has 0 spiro atoms. The summed E-state index contributed by atoms with van der Waals surface area (Å²) in [6.45, 7) is 0. The minimum absolute atomic E-state index is 0.250.